The zero-order valence-corrected chi connectivity index (χ0v) is 12.0. The third kappa shape index (κ3) is 3.06. The maximum Gasteiger partial charge on any atom is 0.185 e. The summed E-state index contributed by atoms with van der Waals surface area (Å²) in [5, 5.41) is 8.57. The van der Waals surface area contributed by atoms with Gasteiger partial charge in [-0.2, -0.15) is 11.3 Å². The molecule has 2 heterocycles. The van der Waals surface area contributed by atoms with Crippen LogP contribution < -0.4 is 10.2 Å². The Morgan fingerprint density at radius 2 is 2.29 bits per heavy atom. The van der Waals surface area contributed by atoms with E-state index in [2.05, 4.69) is 46.0 Å². The van der Waals surface area contributed by atoms with Crippen LogP contribution in [0.25, 0.3) is 0 Å². The number of thiophene rings is 1. The minimum absolute atomic E-state index is 0.899. The van der Waals surface area contributed by atoms with Crippen LogP contribution in [0.4, 0.5) is 5.13 Å². The highest BCUT2D eigenvalue weighted by atomic mass is 32.1. The van der Waals surface area contributed by atoms with E-state index in [-0.39, 0.29) is 0 Å². The van der Waals surface area contributed by atoms with E-state index in [1.54, 1.807) is 22.7 Å². The number of anilines is 1. The van der Waals surface area contributed by atoms with Crippen LogP contribution in [0.2, 0.25) is 0 Å². The van der Waals surface area contributed by atoms with E-state index in [9.17, 15) is 0 Å². The third-order valence-electron chi connectivity index (χ3n) is 2.55. The Balaban J connectivity index is 2.08. The van der Waals surface area contributed by atoms with Crippen LogP contribution >= 0.6 is 22.7 Å². The van der Waals surface area contributed by atoms with Gasteiger partial charge in [-0.3, -0.25) is 0 Å². The summed E-state index contributed by atoms with van der Waals surface area (Å²) in [7, 11) is 4.06. The minimum Gasteiger partial charge on any atom is -0.347 e. The summed E-state index contributed by atoms with van der Waals surface area (Å²) in [4.78, 5) is 8.14. The number of nitrogens with zero attached hydrogens (tertiary/aromatic N) is 2. The second-order valence-electron chi connectivity index (χ2n) is 4.02. The van der Waals surface area contributed by atoms with E-state index in [0.29, 0.717) is 0 Å². The zero-order valence-electron chi connectivity index (χ0n) is 10.4. The molecule has 0 amide bonds. The van der Waals surface area contributed by atoms with Crippen LogP contribution in [0, 0.1) is 6.92 Å². The van der Waals surface area contributed by atoms with Gasteiger partial charge in [-0.05, 0) is 36.4 Å². The van der Waals surface area contributed by atoms with Gasteiger partial charge in [0.1, 0.15) is 0 Å². The predicted octanol–water partition coefficient (Wildman–Crippen LogP) is 2.87. The molecule has 0 saturated carbocycles. The molecule has 0 atom stereocenters. The molecule has 3 nitrogen and oxygen atoms in total. The summed E-state index contributed by atoms with van der Waals surface area (Å²) in [5.41, 5.74) is 2.48. The number of aromatic nitrogens is 1. The lowest BCUT2D eigenvalue weighted by molar-refractivity contribution is 0.822. The molecule has 0 bridgehead atoms. The fourth-order valence-electron chi connectivity index (χ4n) is 1.62. The van der Waals surface area contributed by atoms with Crippen molar-refractivity contribution in [3.63, 3.8) is 0 Å². The molecular formula is C12H17N3S2. The molecule has 0 aliphatic heterocycles. The van der Waals surface area contributed by atoms with Gasteiger partial charge in [-0.25, -0.2) is 4.98 Å². The van der Waals surface area contributed by atoms with E-state index in [4.69, 9.17) is 0 Å². The molecular weight excluding hydrogens is 250 g/mol. The lowest BCUT2D eigenvalue weighted by Gasteiger charge is -2.14. The van der Waals surface area contributed by atoms with Gasteiger partial charge < -0.3 is 10.2 Å². The number of rotatable bonds is 5. The molecule has 0 aliphatic carbocycles. The largest absolute Gasteiger partial charge is 0.347 e. The van der Waals surface area contributed by atoms with E-state index >= 15 is 0 Å². The molecule has 0 unspecified atom stereocenters. The highest BCUT2D eigenvalue weighted by Gasteiger charge is 2.11. The lowest BCUT2D eigenvalue weighted by Crippen LogP contribution is -2.15. The van der Waals surface area contributed by atoms with Gasteiger partial charge in [0.05, 0.1) is 5.69 Å². The minimum atomic E-state index is 0.899. The van der Waals surface area contributed by atoms with Crippen molar-refractivity contribution in [1.82, 2.24) is 10.3 Å². The fourth-order valence-corrected chi connectivity index (χ4v) is 3.32. The molecule has 0 radical (unpaired) electrons. The van der Waals surface area contributed by atoms with E-state index in [0.717, 1.165) is 23.9 Å². The van der Waals surface area contributed by atoms with Gasteiger partial charge >= 0.3 is 0 Å². The van der Waals surface area contributed by atoms with Crippen molar-refractivity contribution >= 4 is 27.8 Å². The fraction of sp³-hybridized carbons (Fsp3) is 0.417. The summed E-state index contributed by atoms with van der Waals surface area (Å²) in [6.45, 7) is 3.90. The Labute approximate surface area is 110 Å². The van der Waals surface area contributed by atoms with Crippen molar-refractivity contribution in [2.24, 2.45) is 0 Å². The number of nitrogens with one attached hydrogen (secondary N) is 1. The summed E-state index contributed by atoms with van der Waals surface area (Å²) in [5.74, 6) is 0. The van der Waals surface area contributed by atoms with Crippen LogP contribution in [-0.4, -0.2) is 19.1 Å². The van der Waals surface area contributed by atoms with Gasteiger partial charge in [0.25, 0.3) is 0 Å². The van der Waals surface area contributed by atoms with Crippen molar-refractivity contribution in [3.8, 4) is 0 Å². The topological polar surface area (TPSA) is 28.2 Å². The van der Waals surface area contributed by atoms with Crippen molar-refractivity contribution in [3.05, 3.63) is 33.0 Å². The second kappa shape index (κ2) is 5.62. The Hall–Kier alpha value is -0.910. The van der Waals surface area contributed by atoms with Crippen molar-refractivity contribution in [2.75, 3.05) is 19.0 Å². The molecule has 0 saturated heterocycles. The first-order chi connectivity index (χ1) is 8.20. The predicted molar refractivity (Wildman–Crippen MR) is 76.0 cm³/mol. The standard InChI is InChI=1S/C12H17N3S2/c1-9-11(6-13-2)17-12(14-9)15(3)7-10-4-5-16-8-10/h4-5,8,13H,6-7H2,1-3H3. The van der Waals surface area contributed by atoms with Gasteiger partial charge in [0.15, 0.2) is 5.13 Å². The zero-order chi connectivity index (χ0) is 12.3. The molecule has 0 aromatic carbocycles. The van der Waals surface area contributed by atoms with Crippen LogP contribution in [-0.2, 0) is 13.1 Å². The summed E-state index contributed by atoms with van der Waals surface area (Å²) < 4.78 is 0. The van der Waals surface area contributed by atoms with Gasteiger partial charge in [-0.15, -0.1) is 11.3 Å². The van der Waals surface area contributed by atoms with Gasteiger partial charge in [0, 0.05) is 25.0 Å². The quantitative estimate of drug-likeness (QED) is 0.903. The number of aryl methyl sites for hydroxylation is 1. The van der Waals surface area contributed by atoms with Crippen LogP contribution in [0.1, 0.15) is 16.1 Å². The van der Waals surface area contributed by atoms with Crippen LogP contribution in [0.15, 0.2) is 16.8 Å². The number of hydrogen-bond donors (Lipinski definition) is 1. The summed E-state index contributed by atoms with van der Waals surface area (Å²) in [6, 6.07) is 2.16. The SMILES string of the molecule is CNCc1sc(N(C)Cc2ccsc2)nc1C. The van der Waals surface area contributed by atoms with Gasteiger partial charge in [-0.1, -0.05) is 0 Å². The molecule has 2 aromatic rings. The Morgan fingerprint density at radius 1 is 1.47 bits per heavy atom. The Bertz CT molecular complexity index is 462. The molecule has 1 N–H and O–H groups in total. The van der Waals surface area contributed by atoms with E-state index in [1.807, 2.05) is 7.05 Å². The smallest absolute Gasteiger partial charge is 0.185 e. The lowest BCUT2D eigenvalue weighted by atomic mass is 10.3. The molecule has 92 valence electrons. The Morgan fingerprint density at radius 3 is 2.94 bits per heavy atom. The normalized spacial score (nSPS) is 10.8. The summed E-state index contributed by atoms with van der Waals surface area (Å²) in [6.07, 6.45) is 0. The molecule has 0 aliphatic rings. The maximum atomic E-state index is 4.62. The van der Waals surface area contributed by atoms with Crippen LogP contribution in [0.3, 0.4) is 0 Å². The highest BCUT2D eigenvalue weighted by molar-refractivity contribution is 7.15. The molecule has 5 heteroatoms. The van der Waals surface area contributed by atoms with E-state index < -0.39 is 0 Å². The first-order valence-electron chi connectivity index (χ1n) is 5.54. The molecule has 2 aromatic heterocycles. The molecule has 0 spiro atoms. The van der Waals surface area contributed by atoms with Crippen molar-refractivity contribution < 1.29 is 0 Å². The van der Waals surface area contributed by atoms with Crippen molar-refractivity contribution in [1.29, 1.82) is 0 Å². The first kappa shape index (κ1) is 12.5. The highest BCUT2D eigenvalue weighted by Crippen LogP contribution is 2.26. The molecule has 17 heavy (non-hydrogen) atoms. The average molecular weight is 267 g/mol. The third-order valence-corrected chi connectivity index (χ3v) is 4.55. The average Bonchev–Trinajstić information content (AvgIpc) is 2.90. The van der Waals surface area contributed by atoms with Gasteiger partial charge in [0.2, 0.25) is 0 Å². The van der Waals surface area contributed by atoms with Crippen molar-refractivity contribution in [2.45, 2.75) is 20.0 Å². The molecule has 0 fully saturated rings. The summed E-state index contributed by atoms with van der Waals surface area (Å²) >= 11 is 3.51. The monoisotopic (exact) mass is 267 g/mol. The Kier molecular flexibility index (Phi) is 4.15. The van der Waals surface area contributed by atoms with Crippen LogP contribution in [0.5, 0.6) is 0 Å². The first-order valence-corrected chi connectivity index (χ1v) is 7.29. The second-order valence-corrected chi connectivity index (χ2v) is 5.87. The number of hydrogen-bond acceptors (Lipinski definition) is 5. The van der Waals surface area contributed by atoms with E-state index in [1.165, 1.54) is 10.4 Å². The maximum absolute atomic E-state index is 4.62. The number of thiazole rings is 1. The molecule has 2 rings (SSSR count).